The van der Waals surface area contributed by atoms with Crippen molar-refractivity contribution in [2.75, 3.05) is 6.61 Å². The fourth-order valence-electron chi connectivity index (χ4n) is 2.44. The first-order chi connectivity index (χ1) is 8.72. The predicted octanol–water partition coefficient (Wildman–Crippen LogP) is 2.88. The van der Waals surface area contributed by atoms with Crippen molar-refractivity contribution in [1.29, 1.82) is 0 Å². The lowest BCUT2D eigenvalue weighted by Gasteiger charge is -2.30. The molecule has 0 radical (unpaired) electrons. The van der Waals surface area contributed by atoms with Crippen LogP contribution < -0.4 is 11.3 Å². The summed E-state index contributed by atoms with van der Waals surface area (Å²) in [5, 5.41) is 0. The first-order valence-corrected chi connectivity index (χ1v) is 6.89. The zero-order valence-corrected chi connectivity index (χ0v) is 11.4. The summed E-state index contributed by atoms with van der Waals surface area (Å²) in [4.78, 5) is 0. The van der Waals surface area contributed by atoms with E-state index >= 15 is 0 Å². The van der Waals surface area contributed by atoms with Crippen LogP contribution in [0.2, 0.25) is 0 Å². The lowest BCUT2D eigenvalue weighted by atomic mass is 9.77. The molecule has 1 aliphatic rings. The lowest BCUT2D eigenvalue weighted by Crippen LogP contribution is -2.33. The molecule has 1 saturated carbocycles. The molecule has 3 nitrogen and oxygen atoms in total. The highest BCUT2D eigenvalue weighted by Gasteiger charge is 2.24. The molecule has 0 aliphatic heterocycles. The molecule has 0 aromatic heterocycles. The molecule has 2 rings (SSSR count). The molecular formula is C15H24N2O. The van der Waals surface area contributed by atoms with Crippen LogP contribution in [0.1, 0.15) is 56.2 Å². The Kier molecular flexibility index (Phi) is 4.75. The van der Waals surface area contributed by atoms with Gasteiger partial charge in [-0.05, 0) is 43.7 Å². The summed E-state index contributed by atoms with van der Waals surface area (Å²) in [5.74, 6) is 6.41. The monoisotopic (exact) mass is 248 g/mol. The molecule has 1 aromatic carbocycles. The zero-order chi connectivity index (χ0) is 13.0. The van der Waals surface area contributed by atoms with Gasteiger partial charge < -0.3 is 4.74 Å². The van der Waals surface area contributed by atoms with Crippen molar-refractivity contribution in [2.45, 2.75) is 51.2 Å². The molecule has 1 unspecified atom stereocenters. The fraction of sp³-hybridized carbons (Fsp3) is 0.600. The van der Waals surface area contributed by atoms with Crippen molar-refractivity contribution in [3.63, 3.8) is 0 Å². The number of benzene rings is 1. The predicted molar refractivity (Wildman–Crippen MR) is 74.2 cm³/mol. The van der Waals surface area contributed by atoms with Crippen LogP contribution in [0.3, 0.4) is 0 Å². The van der Waals surface area contributed by atoms with Gasteiger partial charge in [0.25, 0.3) is 0 Å². The molecule has 3 N–H and O–H groups in total. The maximum Gasteiger partial charge on any atom is 0.0696 e. The fourth-order valence-corrected chi connectivity index (χ4v) is 2.44. The maximum absolute atomic E-state index is 5.69. The van der Waals surface area contributed by atoms with E-state index in [0.717, 1.165) is 5.92 Å². The largest absolute Gasteiger partial charge is 0.377 e. The van der Waals surface area contributed by atoms with Crippen LogP contribution in [0.4, 0.5) is 0 Å². The average Bonchev–Trinajstić information content (AvgIpc) is 2.29. The molecule has 1 aliphatic carbocycles. The Morgan fingerprint density at radius 1 is 1.33 bits per heavy atom. The summed E-state index contributed by atoms with van der Waals surface area (Å²) >= 11 is 0. The third-order valence-electron chi connectivity index (χ3n) is 3.71. The van der Waals surface area contributed by atoms with Crippen LogP contribution in [-0.2, 0) is 4.74 Å². The summed E-state index contributed by atoms with van der Waals surface area (Å²) in [7, 11) is 0. The number of nitrogens with two attached hydrogens (primary N) is 1. The highest BCUT2D eigenvalue weighted by atomic mass is 16.5. The Morgan fingerprint density at radius 2 is 2.06 bits per heavy atom. The van der Waals surface area contributed by atoms with Crippen LogP contribution >= 0.6 is 0 Å². The number of nitrogens with one attached hydrogen (secondary N) is 1. The SMILES string of the molecule is CC(C)OCC(NN)c1ccccc1C1CCC1. The number of hydrazine groups is 1. The molecule has 1 atom stereocenters. The highest BCUT2D eigenvalue weighted by Crippen LogP contribution is 2.39. The molecule has 0 bridgehead atoms. The molecule has 3 heteroatoms. The molecule has 1 aromatic rings. The Morgan fingerprint density at radius 3 is 2.61 bits per heavy atom. The smallest absolute Gasteiger partial charge is 0.0696 e. The molecule has 0 saturated heterocycles. The van der Waals surface area contributed by atoms with E-state index in [1.54, 1.807) is 0 Å². The summed E-state index contributed by atoms with van der Waals surface area (Å²) in [6, 6.07) is 8.69. The van der Waals surface area contributed by atoms with Gasteiger partial charge >= 0.3 is 0 Å². The number of hydrogen-bond donors (Lipinski definition) is 2. The highest BCUT2D eigenvalue weighted by molar-refractivity contribution is 5.34. The van der Waals surface area contributed by atoms with Crippen LogP contribution in [0.5, 0.6) is 0 Å². The summed E-state index contributed by atoms with van der Waals surface area (Å²) in [6.45, 7) is 4.72. The second-order valence-corrected chi connectivity index (χ2v) is 5.36. The van der Waals surface area contributed by atoms with Gasteiger partial charge in [-0.25, -0.2) is 0 Å². The first kappa shape index (κ1) is 13.5. The topological polar surface area (TPSA) is 47.3 Å². The van der Waals surface area contributed by atoms with Crippen molar-refractivity contribution in [3.8, 4) is 0 Å². The number of rotatable bonds is 6. The van der Waals surface area contributed by atoms with Gasteiger partial charge in [-0.2, -0.15) is 0 Å². The first-order valence-electron chi connectivity index (χ1n) is 6.89. The molecule has 100 valence electrons. The van der Waals surface area contributed by atoms with E-state index in [2.05, 4.69) is 29.7 Å². The van der Waals surface area contributed by atoms with Crippen LogP contribution in [0.15, 0.2) is 24.3 Å². The Balaban J connectivity index is 2.13. The van der Waals surface area contributed by atoms with Gasteiger partial charge in [0.2, 0.25) is 0 Å². The van der Waals surface area contributed by atoms with Crippen molar-refractivity contribution >= 4 is 0 Å². The van der Waals surface area contributed by atoms with E-state index in [9.17, 15) is 0 Å². The van der Waals surface area contributed by atoms with E-state index in [0.29, 0.717) is 6.61 Å². The number of hydrogen-bond acceptors (Lipinski definition) is 3. The Labute approximate surface area is 110 Å². The molecule has 0 amide bonds. The van der Waals surface area contributed by atoms with Gasteiger partial charge in [-0.3, -0.25) is 11.3 Å². The van der Waals surface area contributed by atoms with Crippen molar-refractivity contribution < 1.29 is 4.74 Å². The molecule has 1 fully saturated rings. The normalized spacial score (nSPS) is 17.8. The minimum atomic E-state index is 0.0872. The van der Waals surface area contributed by atoms with Crippen molar-refractivity contribution in [1.82, 2.24) is 5.43 Å². The van der Waals surface area contributed by atoms with E-state index in [4.69, 9.17) is 10.6 Å². The summed E-state index contributed by atoms with van der Waals surface area (Å²) in [5.41, 5.74) is 5.63. The Hall–Kier alpha value is -0.900. The van der Waals surface area contributed by atoms with Crippen LogP contribution in [0, 0.1) is 0 Å². The molecule has 0 spiro atoms. The van der Waals surface area contributed by atoms with E-state index < -0.39 is 0 Å². The van der Waals surface area contributed by atoms with Gasteiger partial charge in [0.15, 0.2) is 0 Å². The van der Waals surface area contributed by atoms with Gasteiger partial charge in [0, 0.05) is 0 Å². The quantitative estimate of drug-likeness (QED) is 0.601. The molecular weight excluding hydrogens is 224 g/mol. The standard InChI is InChI=1S/C15H24N2O/c1-11(2)18-10-15(17-16)14-9-4-3-8-13(14)12-6-5-7-12/h3-4,8-9,11-12,15,17H,5-7,10,16H2,1-2H3. The zero-order valence-electron chi connectivity index (χ0n) is 11.4. The van der Waals surface area contributed by atoms with Crippen LogP contribution in [-0.4, -0.2) is 12.7 Å². The minimum absolute atomic E-state index is 0.0872. The molecule has 0 heterocycles. The lowest BCUT2D eigenvalue weighted by molar-refractivity contribution is 0.0608. The Bertz CT molecular complexity index is 375. The van der Waals surface area contributed by atoms with Gasteiger partial charge in [-0.15, -0.1) is 0 Å². The maximum atomic E-state index is 5.69. The van der Waals surface area contributed by atoms with Crippen LogP contribution in [0.25, 0.3) is 0 Å². The average molecular weight is 248 g/mol. The van der Waals surface area contributed by atoms with E-state index in [-0.39, 0.29) is 12.1 Å². The number of ether oxygens (including phenoxy) is 1. The summed E-state index contributed by atoms with van der Waals surface area (Å²) in [6.07, 6.45) is 4.19. The second kappa shape index (κ2) is 6.32. The third kappa shape index (κ3) is 3.10. The third-order valence-corrected chi connectivity index (χ3v) is 3.71. The molecule has 18 heavy (non-hydrogen) atoms. The minimum Gasteiger partial charge on any atom is -0.377 e. The van der Waals surface area contributed by atoms with Gasteiger partial charge in [0.1, 0.15) is 0 Å². The second-order valence-electron chi connectivity index (χ2n) is 5.36. The summed E-state index contributed by atoms with van der Waals surface area (Å²) < 4.78 is 5.69. The van der Waals surface area contributed by atoms with Crippen molar-refractivity contribution in [3.05, 3.63) is 35.4 Å². The van der Waals surface area contributed by atoms with Crippen molar-refractivity contribution in [2.24, 2.45) is 5.84 Å². The van der Waals surface area contributed by atoms with Gasteiger partial charge in [0.05, 0.1) is 18.8 Å². The van der Waals surface area contributed by atoms with E-state index in [1.165, 1.54) is 30.4 Å². The van der Waals surface area contributed by atoms with Gasteiger partial charge in [-0.1, -0.05) is 30.7 Å². The van der Waals surface area contributed by atoms with E-state index in [1.807, 2.05) is 13.8 Å².